The quantitative estimate of drug-likeness (QED) is 0.135. The van der Waals surface area contributed by atoms with E-state index in [0.717, 1.165) is 28.8 Å². The summed E-state index contributed by atoms with van der Waals surface area (Å²) in [6.45, 7) is 4.70. The van der Waals surface area contributed by atoms with E-state index in [9.17, 15) is 31.5 Å². The lowest BCUT2D eigenvalue weighted by Crippen LogP contribution is -2.49. The second kappa shape index (κ2) is 13.5. The normalized spacial score (nSPS) is 20.2. The van der Waals surface area contributed by atoms with Crippen LogP contribution in [0.1, 0.15) is 88.3 Å². The molecule has 3 fully saturated rings. The average molecular weight is 793 g/mol. The molecule has 3 aliphatic rings. The molecule has 0 spiro atoms. The predicted octanol–water partition coefficient (Wildman–Crippen LogP) is 7.15. The molecule has 4 aromatic rings. The molecule has 55 heavy (non-hydrogen) atoms. The molecule has 1 saturated heterocycles. The average Bonchev–Trinajstić information content (AvgIpc) is 3.97. The monoisotopic (exact) mass is 792 g/mol. The highest BCUT2D eigenvalue weighted by Gasteiger charge is 2.65. The van der Waals surface area contributed by atoms with Gasteiger partial charge in [0, 0.05) is 5.56 Å². The number of guanidine groups is 1. The van der Waals surface area contributed by atoms with Gasteiger partial charge in [-0.25, -0.2) is 32.3 Å². The lowest BCUT2D eigenvalue weighted by molar-refractivity contribution is -0.164. The Morgan fingerprint density at radius 1 is 1.15 bits per heavy atom. The maximum atomic E-state index is 16.0. The number of halogens is 7. The van der Waals surface area contributed by atoms with Crippen molar-refractivity contribution in [2.75, 3.05) is 6.61 Å². The Labute approximate surface area is 314 Å². The summed E-state index contributed by atoms with van der Waals surface area (Å²) in [5.41, 5.74) is -4.34. The second-order valence-corrected chi connectivity index (χ2v) is 15.6. The van der Waals surface area contributed by atoms with E-state index in [0.29, 0.717) is 0 Å². The van der Waals surface area contributed by atoms with Gasteiger partial charge >= 0.3 is 12.3 Å². The molecule has 1 aliphatic heterocycles. The van der Waals surface area contributed by atoms with E-state index >= 15 is 4.39 Å². The fourth-order valence-electron chi connectivity index (χ4n) is 6.83. The molecule has 2 aromatic carbocycles. The summed E-state index contributed by atoms with van der Waals surface area (Å²) in [5, 5.41) is 25.9. The third kappa shape index (κ3) is 7.20. The van der Waals surface area contributed by atoms with Crippen molar-refractivity contribution in [3.63, 3.8) is 0 Å². The lowest BCUT2D eigenvalue weighted by atomic mass is 9.75. The van der Waals surface area contributed by atoms with Gasteiger partial charge in [-0.05, 0) is 72.9 Å². The predicted molar refractivity (Wildman–Crippen MR) is 184 cm³/mol. The van der Waals surface area contributed by atoms with Gasteiger partial charge in [0.1, 0.15) is 35.5 Å². The number of ether oxygens (including phenoxy) is 1. The lowest BCUT2D eigenvalue weighted by Gasteiger charge is -2.35. The maximum absolute atomic E-state index is 16.0. The number of rotatable bonds is 11. The van der Waals surface area contributed by atoms with Gasteiger partial charge in [0.05, 0.1) is 29.0 Å². The minimum absolute atomic E-state index is 0.0130. The first-order valence-corrected chi connectivity index (χ1v) is 17.6. The molecule has 2 saturated carbocycles. The first-order valence-electron chi connectivity index (χ1n) is 17.2. The molecule has 2 aliphatic carbocycles. The van der Waals surface area contributed by atoms with E-state index in [1.807, 2.05) is 26.1 Å². The SMILES string of the molecule is CC(C)(C)C[C@]1(c2ccc(-c3cn(C4CC4)nn3)c(F)c2)NC(=N)N([C@H](COC(=O)NC2(C(F)(F)F)CC2)c2ccc(Cl)c(-n3ncnc3C(F)F)c2)C1=O. The van der Waals surface area contributed by atoms with E-state index in [4.69, 9.17) is 21.7 Å². The number of nitrogens with one attached hydrogen (secondary N) is 3. The van der Waals surface area contributed by atoms with E-state index in [-0.39, 0.29) is 58.4 Å². The Kier molecular flexibility index (Phi) is 9.37. The molecule has 0 radical (unpaired) electrons. The third-order valence-electron chi connectivity index (χ3n) is 9.79. The van der Waals surface area contributed by atoms with Gasteiger partial charge in [0.2, 0.25) is 0 Å². The molecule has 2 atom stereocenters. The van der Waals surface area contributed by atoms with Crippen LogP contribution in [0.3, 0.4) is 0 Å². The van der Waals surface area contributed by atoms with Crippen LogP contribution in [0, 0.1) is 16.6 Å². The smallest absolute Gasteiger partial charge is 0.411 e. The Balaban J connectivity index is 1.28. The van der Waals surface area contributed by atoms with Gasteiger partial charge in [-0.2, -0.15) is 18.3 Å². The number of carbonyl (C=O) groups excluding carboxylic acids is 2. The highest BCUT2D eigenvalue weighted by Crippen LogP contribution is 2.49. The van der Waals surface area contributed by atoms with Crippen molar-refractivity contribution in [3.05, 3.63) is 76.7 Å². The molecule has 20 heteroatoms. The van der Waals surface area contributed by atoms with E-state index in [1.54, 1.807) is 10.9 Å². The van der Waals surface area contributed by atoms with E-state index < -0.39 is 71.3 Å². The van der Waals surface area contributed by atoms with Gasteiger partial charge in [0.25, 0.3) is 12.3 Å². The number of alkyl carbamates (subject to hydrolysis) is 1. The second-order valence-electron chi connectivity index (χ2n) is 15.2. The summed E-state index contributed by atoms with van der Waals surface area (Å²) in [5.74, 6) is -2.77. The van der Waals surface area contributed by atoms with Crippen LogP contribution < -0.4 is 10.6 Å². The first kappa shape index (κ1) is 38.1. The third-order valence-corrected chi connectivity index (χ3v) is 10.1. The zero-order valence-electron chi connectivity index (χ0n) is 29.6. The molecule has 0 unspecified atom stereocenters. The molecule has 7 rings (SSSR count). The van der Waals surface area contributed by atoms with Crippen molar-refractivity contribution in [2.24, 2.45) is 5.41 Å². The highest BCUT2D eigenvalue weighted by atomic mass is 35.5. The standard InChI is InChI=1S/C35H35ClF6N10O3/c1-32(2,3)16-34(19-5-8-21(23(37)13-19)24-14-50(49-48-24)20-6-7-20)29(53)51(30(43)46-34)26(15-55-31(54)47-33(10-11-33)35(40,41)42)18-4-9-22(36)25(12-18)52-28(27(38)39)44-17-45-52/h4-5,8-9,12-14,17,20,26-27H,6-7,10-11,15-16H2,1-3H3,(H2,43,46)(H,47,54)/t26-,34-/m1/s1. The van der Waals surface area contributed by atoms with Crippen molar-refractivity contribution in [3.8, 4) is 16.9 Å². The van der Waals surface area contributed by atoms with Gasteiger partial charge in [0.15, 0.2) is 11.8 Å². The van der Waals surface area contributed by atoms with Gasteiger partial charge in [-0.3, -0.25) is 15.1 Å². The molecule has 3 heterocycles. The number of amides is 2. The Bertz CT molecular complexity index is 2160. The molecule has 13 nitrogen and oxygen atoms in total. The Morgan fingerprint density at radius 2 is 1.87 bits per heavy atom. The van der Waals surface area contributed by atoms with Crippen LogP contribution in [-0.2, 0) is 15.1 Å². The van der Waals surface area contributed by atoms with Crippen LogP contribution in [-0.4, -0.2) is 70.9 Å². The molecular weight excluding hydrogens is 758 g/mol. The van der Waals surface area contributed by atoms with E-state index in [1.165, 1.54) is 36.4 Å². The highest BCUT2D eigenvalue weighted by molar-refractivity contribution is 6.32. The summed E-state index contributed by atoms with van der Waals surface area (Å²) in [7, 11) is 0. The Morgan fingerprint density at radius 3 is 2.49 bits per heavy atom. The number of hydrogen-bond acceptors (Lipinski definition) is 8. The van der Waals surface area contributed by atoms with Crippen molar-refractivity contribution >= 4 is 29.6 Å². The van der Waals surface area contributed by atoms with Gasteiger partial charge < -0.3 is 15.4 Å². The fourth-order valence-corrected chi connectivity index (χ4v) is 7.03. The minimum atomic E-state index is -4.75. The molecule has 2 aromatic heterocycles. The van der Waals surface area contributed by atoms with Crippen molar-refractivity contribution in [1.29, 1.82) is 5.41 Å². The van der Waals surface area contributed by atoms with Crippen LogP contribution in [0.5, 0.6) is 0 Å². The number of carbonyl (C=O) groups is 2. The summed E-state index contributed by atoms with van der Waals surface area (Å²) in [6, 6.07) is 6.86. The van der Waals surface area contributed by atoms with Crippen molar-refractivity contribution in [1.82, 2.24) is 45.3 Å². The molecular formula is C35H35ClF6N10O3. The van der Waals surface area contributed by atoms with Crippen molar-refractivity contribution < 1.29 is 40.7 Å². The number of benzene rings is 2. The summed E-state index contributed by atoms with van der Waals surface area (Å²) >= 11 is 6.41. The zero-order chi connectivity index (χ0) is 39.7. The summed E-state index contributed by atoms with van der Waals surface area (Å²) < 4.78 is 92.5. The molecule has 292 valence electrons. The number of alkyl halides is 5. The van der Waals surface area contributed by atoms with Crippen LogP contribution in [0.15, 0.2) is 48.9 Å². The summed E-state index contributed by atoms with van der Waals surface area (Å²) in [6.07, 6.45) is -5.56. The fraction of sp³-hybridized carbons (Fsp3) is 0.457. The number of aromatic nitrogens is 6. The van der Waals surface area contributed by atoms with Crippen LogP contribution >= 0.6 is 11.6 Å². The largest absolute Gasteiger partial charge is 0.447 e. The van der Waals surface area contributed by atoms with Crippen LogP contribution in [0.2, 0.25) is 5.02 Å². The van der Waals surface area contributed by atoms with Gasteiger partial charge in [-0.15, -0.1) is 5.10 Å². The molecule has 2 amide bonds. The van der Waals surface area contributed by atoms with E-state index in [2.05, 4.69) is 25.7 Å². The number of hydrogen-bond donors (Lipinski definition) is 3. The van der Waals surface area contributed by atoms with Crippen LogP contribution in [0.25, 0.3) is 16.9 Å². The topological polar surface area (TPSA) is 156 Å². The zero-order valence-corrected chi connectivity index (χ0v) is 30.4. The molecule has 0 bridgehead atoms. The minimum Gasteiger partial charge on any atom is -0.447 e. The maximum Gasteiger partial charge on any atom is 0.411 e. The Hall–Kier alpha value is -5.20. The molecule has 3 N–H and O–H groups in total. The van der Waals surface area contributed by atoms with Gasteiger partial charge in [-0.1, -0.05) is 49.7 Å². The summed E-state index contributed by atoms with van der Waals surface area (Å²) in [4.78, 5) is 32.3. The van der Waals surface area contributed by atoms with Crippen molar-refractivity contribution in [2.45, 2.75) is 88.6 Å². The van der Waals surface area contributed by atoms with Crippen LogP contribution in [0.4, 0.5) is 31.1 Å². The number of nitrogens with zero attached hydrogens (tertiary/aromatic N) is 7. The first-order chi connectivity index (χ1) is 25.8.